The Balaban J connectivity index is 4.67. The maximum Gasteiger partial charge on any atom is 0.326 e. The minimum Gasteiger partial charge on any atom is -0.480 e. The third kappa shape index (κ3) is 5.46. The van der Waals surface area contributed by atoms with Crippen LogP contribution in [0.1, 0.15) is 27.7 Å². The molecule has 0 aliphatic heterocycles. The second kappa shape index (κ2) is 7.12. The molecule has 0 aliphatic rings. The number of nitrogens with zero attached hydrogens (tertiary/aromatic N) is 1. The molecule has 0 saturated carbocycles. The molecule has 0 aromatic carbocycles. The number of carboxylic acids is 1. The maximum absolute atomic E-state index is 12.0. The van der Waals surface area contributed by atoms with E-state index in [0.717, 1.165) is 0 Å². The topological polar surface area (TPSA) is 98.7 Å². The van der Waals surface area contributed by atoms with E-state index in [1.54, 1.807) is 27.7 Å². The monoisotopic (exact) mass is 287 g/mol. The van der Waals surface area contributed by atoms with E-state index in [-0.39, 0.29) is 18.4 Å². The number of nitrogens with one attached hydrogen (secondary N) is 2. The van der Waals surface area contributed by atoms with Gasteiger partial charge in [-0.15, -0.1) is 0 Å². The van der Waals surface area contributed by atoms with Gasteiger partial charge in [-0.05, 0) is 5.41 Å². The van der Waals surface area contributed by atoms with Gasteiger partial charge >= 0.3 is 12.0 Å². The van der Waals surface area contributed by atoms with Crippen molar-refractivity contribution in [1.82, 2.24) is 15.5 Å². The number of carbonyl (C=O) groups excluding carboxylic acids is 2. The molecule has 116 valence electrons. The van der Waals surface area contributed by atoms with Crippen LogP contribution in [-0.4, -0.2) is 54.6 Å². The fraction of sp³-hybridized carbons (Fsp3) is 0.769. The van der Waals surface area contributed by atoms with Crippen molar-refractivity contribution in [3.05, 3.63) is 0 Å². The zero-order valence-corrected chi connectivity index (χ0v) is 13.0. The number of hydrogen-bond donors (Lipinski definition) is 3. The lowest BCUT2D eigenvalue weighted by Crippen LogP contribution is -2.53. The fourth-order valence-electron chi connectivity index (χ4n) is 1.71. The van der Waals surface area contributed by atoms with Crippen molar-refractivity contribution in [2.45, 2.75) is 33.7 Å². The van der Waals surface area contributed by atoms with Gasteiger partial charge < -0.3 is 20.6 Å². The smallest absolute Gasteiger partial charge is 0.326 e. The highest BCUT2D eigenvalue weighted by molar-refractivity contribution is 5.84. The van der Waals surface area contributed by atoms with Gasteiger partial charge in [0.15, 0.2) is 0 Å². The number of amides is 3. The molecular weight excluding hydrogens is 262 g/mol. The van der Waals surface area contributed by atoms with Gasteiger partial charge in [0, 0.05) is 20.6 Å². The zero-order chi connectivity index (χ0) is 16.1. The molecule has 0 aromatic rings. The molecule has 0 heterocycles. The van der Waals surface area contributed by atoms with E-state index in [1.165, 1.54) is 19.0 Å². The van der Waals surface area contributed by atoms with Gasteiger partial charge in [0.1, 0.15) is 6.04 Å². The first kappa shape index (κ1) is 18.2. The summed E-state index contributed by atoms with van der Waals surface area (Å²) < 4.78 is 0. The number of hydrogen-bond acceptors (Lipinski definition) is 3. The Bertz CT molecular complexity index is 376. The summed E-state index contributed by atoms with van der Waals surface area (Å²) >= 11 is 0. The van der Waals surface area contributed by atoms with Crippen LogP contribution in [0.4, 0.5) is 4.79 Å². The SMILES string of the molecule is CNC(=O)C(C)CN(C)C(=O)N[C@H](C(=O)O)C(C)(C)C. The van der Waals surface area contributed by atoms with Gasteiger partial charge in [0.25, 0.3) is 0 Å². The molecule has 0 radical (unpaired) electrons. The van der Waals surface area contributed by atoms with E-state index in [0.29, 0.717) is 0 Å². The highest BCUT2D eigenvalue weighted by Gasteiger charge is 2.33. The standard InChI is InChI=1S/C13H25N3O4/c1-8(10(17)14-5)7-16(6)12(20)15-9(11(18)19)13(2,3)4/h8-9H,7H2,1-6H3,(H,14,17)(H,15,20)(H,18,19)/t8?,9-/m1/s1. The number of urea groups is 1. The molecule has 0 aliphatic carbocycles. The highest BCUT2D eigenvalue weighted by Crippen LogP contribution is 2.19. The van der Waals surface area contributed by atoms with Gasteiger partial charge in [-0.2, -0.15) is 0 Å². The van der Waals surface area contributed by atoms with E-state index < -0.39 is 23.5 Å². The summed E-state index contributed by atoms with van der Waals surface area (Å²) in [5.74, 6) is -1.62. The average molecular weight is 287 g/mol. The van der Waals surface area contributed by atoms with Crippen molar-refractivity contribution in [3.63, 3.8) is 0 Å². The maximum atomic E-state index is 12.0. The minimum atomic E-state index is -1.08. The molecular formula is C13H25N3O4. The van der Waals surface area contributed by atoms with Crippen LogP contribution in [0.3, 0.4) is 0 Å². The van der Waals surface area contributed by atoms with E-state index in [1.807, 2.05) is 0 Å². The van der Waals surface area contributed by atoms with Crippen molar-refractivity contribution < 1.29 is 19.5 Å². The van der Waals surface area contributed by atoms with Crippen LogP contribution < -0.4 is 10.6 Å². The summed E-state index contributed by atoms with van der Waals surface area (Å²) in [7, 11) is 3.05. The van der Waals surface area contributed by atoms with Gasteiger partial charge in [0.2, 0.25) is 5.91 Å². The minimum absolute atomic E-state index is 0.171. The van der Waals surface area contributed by atoms with Crippen molar-refractivity contribution in [2.75, 3.05) is 20.6 Å². The summed E-state index contributed by atoms with van der Waals surface area (Å²) in [5.41, 5.74) is -0.602. The molecule has 0 aromatic heterocycles. The van der Waals surface area contributed by atoms with Crippen LogP contribution in [0.5, 0.6) is 0 Å². The van der Waals surface area contributed by atoms with E-state index >= 15 is 0 Å². The van der Waals surface area contributed by atoms with Crippen LogP contribution in [-0.2, 0) is 9.59 Å². The molecule has 0 rings (SSSR count). The first-order valence-corrected chi connectivity index (χ1v) is 6.46. The molecule has 7 heteroatoms. The van der Waals surface area contributed by atoms with Crippen molar-refractivity contribution in [3.8, 4) is 0 Å². The predicted molar refractivity (Wildman–Crippen MR) is 75.3 cm³/mol. The van der Waals surface area contributed by atoms with E-state index in [9.17, 15) is 14.4 Å². The Morgan fingerprint density at radius 2 is 1.75 bits per heavy atom. The van der Waals surface area contributed by atoms with Crippen LogP contribution in [0.2, 0.25) is 0 Å². The van der Waals surface area contributed by atoms with Crippen molar-refractivity contribution in [2.24, 2.45) is 11.3 Å². The highest BCUT2D eigenvalue weighted by atomic mass is 16.4. The first-order valence-electron chi connectivity index (χ1n) is 6.46. The molecule has 3 amide bonds. The second-order valence-corrected chi connectivity index (χ2v) is 5.98. The Kier molecular flexibility index (Phi) is 6.48. The van der Waals surface area contributed by atoms with Crippen molar-refractivity contribution >= 4 is 17.9 Å². The zero-order valence-electron chi connectivity index (χ0n) is 13.0. The van der Waals surface area contributed by atoms with Gasteiger partial charge in [-0.25, -0.2) is 9.59 Å². The van der Waals surface area contributed by atoms with E-state index in [4.69, 9.17) is 5.11 Å². The molecule has 0 fully saturated rings. The lowest BCUT2D eigenvalue weighted by Gasteiger charge is -2.30. The second-order valence-electron chi connectivity index (χ2n) is 5.98. The third-order valence-electron chi connectivity index (χ3n) is 2.97. The Hall–Kier alpha value is -1.79. The molecule has 0 spiro atoms. The molecule has 7 nitrogen and oxygen atoms in total. The normalized spacial score (nSPS) is 14.1. The van der Waals surface area contributed by atoms with Crippen LogP contribution in [0, 0.1) is 11.3 Å². The number of rotatable bonds is 5. The Morgan fingerprint density at radius 1 is 1.25 bits per heavy atom. The number of aliphatic carboxylic acids is 1. The fourth-order valence-corrected chi connectivity index (χ4v) is 1.71. The van der Waals surface area contributed by atoms with Crippen LogP contribution in [0.25, 0.3) is 0 Å². The Labute approximate surface area is 119 Å². The first-order chi connectivity index (χ1) is 9.00. The van der Waals surface area contributed by atoms with Gasteiger partial charge in [-0.1, -0.05) is 27.7 Å². The molecule has 2 atom stereocenters. The summed E-state index contributed by atoms with van der Waals surface area (Å²) in [5, 5.41) is 14.1. The summed E-state index contributed by atoms with van der Waals surface area (Å²) in [4.78, 5) is 35.9. The van der Waals surface area contributed by atoms with Crippen LogP contribution in [0.15, 0.2) is 0 Å². The number of carbonyl (C=O) groups is 3. The van der Waals surface area contributed by atoms with Crippen molar-refractivity contribution in [1.29, 1.82) is 0 Å². The molecule has 1 unspecified atom stereocenters. The Morgan fingerprint density at radius 3 is 2.10 bits per heavy atom. The van der Waals surface area contributed by atoms with Gasteiger partial charge in [-0.3, -0.25) is 4.79 Å². The summed E-state index contributed by atoms with van der Waals surface area (Å²) in [6.07, 6.45) is 0. The largest absolute Gasteiger partial charge is 0.480 e. The predicted octanol–water partition coefficient (Wildman–Crippen LogP) is 0.509. The lowest BCUT2D eigenvalue weighted by atomic mass is 9.87. The number of carboxylic acid groups (broad SMARTS) is 1. The quantitative estimate of drug-likeness (QED) is 0.686. The lowest BCUT2D eigenvalue weighted by molar-refractivity contribution is -0.142. The molecule has 20 heavy (non-hydrogen) atoms. The summed E-state index contributed by atoms with van der Waals surface area (Å²) in [6, 6.07) is -1.50. The van der Waals surface area contributed by atoms with Crippen LogP contribution >= 0.6 is 0 Å². The average Bonchev–Trinajstić information content (AvgIpc) is 2.32. The molecule has 0 saturated heterocycles. The van der Waals surface area contributed by atoms with Gasteiger partial charge in [0.05, 0.1) is 5.92 Å². The summed E-state index contributed by atoms with van der Waals surface area (Å²) in [6.45, 7) is 7.11. The van der Waals surface area contributed by atoms with E-state index in [2.05, 4.69) is 10.6 Å². The molecule has 3 N–H and O–H groups in total. The molecule has 0 bridgehead atoms. The third-order valence-corrected chi connectivity index (χ3v) is 2.97.